The second-order valence-corrected chi connectivity index (χ2v) is 3.83. The van der Waals surface area contributed by atoms with Crippen molar-refractivity contribution in [2.45, 2.75) is 0 Å². The fraction of sp³-hybridized carbons (Fsp3) is 0. The standard InChI is InChI=1S/C12H8N4O3/c17-11-9-8(12(18)19)15-10(16(9)14-6-13-11)7-4-2-1-3-5-7/h1-6H,(H,18,19)(H,13,14,17). The molecule has 2 heterocycles. The molecule has 0 aliphatic carbocycles. The van der Waals surface area contributed by atoms with Gasteiger partial charge in [0.05, 0.1) is 0 Å². The molecule has 0 saturated heterocycles. The number of fused-ring (bicyclic) bond motifs is 1. The normalized spacial score (nSPS) is 10.7. The van der Waals surface area contributed by atoms with Crippen LogP contribution in [0.25, 0.3) is 16.9 Å². The number of carboxylic acid groups (broad SMARTS) is 1. The van der Waals surface area contributed by atoms with Crippen LogP contribution < -0.4 is 5.56 Å². The number of nitrogens with zero attached hydrogens (tertiary/aromatic N) is 3. The number of imidazole rings is 1. The molecule has 0 amide bonds. The van der Waals surface area contributed by atoms with Crippen LogP contribution in [0.15, 0.2) is 41.5 Å². The zero-order chi connectivity index (χ0) is 13.4. The number of aromatic carboxylic acids is 1. The fourth-order valence-electron chi connectivity index (χ4n) is 1.87. The van der Waals surface area contributed by atoms with E-state index in [0.29, 0.717) is 11.4 Å². The highest BCUT2D eigenvalue weighted by molar-refractivity contribution is 5.94. The summed E-state index contributed by atoms with van der Waals surface area (Å²) >= 11 is 0. The van der Waals surface area contributed by atoms with Gasteiger partial charge in [-0.05, 0) is 0 Å². The van der Waals surface area contributed by atoms with E-state index in [4.69, 9.17) is 5.11 Å². The monoisotopic (exact) mass is 256 g/mol. The smallest absolute Gasteiger partial charge is 0.357 e. The molecule has 7 nitrogen and oxygen atoms in total. The minimum Gasteiger partial charge on any atom is -0.476 e. The summed E-state index contributed by atoms with van der Waals surface area (Å²) in [6, 6.07) is 8.96. The van der Waals surface area contributed by atoms with Crippen LogP contribution in [0.3, 0.4) is 0 Å². The van der Waals surface area contributed by atoms with Gasteiger partial charge < -0.3 is 10.1 Å². The van der Waals surface area contributed by atoms with Crippen molar-refractivity contribution in [2.75, 3.05) is 0 Å². The van der Waals surface area contributed by atoms with Crippen LogP contribution >= 0.6 is 0 Å². The van der Waals surface area contributed by atoms with Crippen molar-refractivity contribution in [3.05, 3.63) is 52.7 Å². The maximum atomic E-state index is 11.7. The van der Waals surface area contributed by atoms with Crippen LogP contribution in [-0.2, 0) is 0 Å². The third-order valence-corrected chi connectivity index (χ3v) is 2.67. The van der Waals surface area contributed by atoms with Crippen molar-refractivity contribution >= 4 is 11.5 Å². The lowest BCUT2D eigenvalue weighted by Crippen LogP contribution is -2.13. The van der Waals surface area contributed by atoms with Crippen molar-refractivity contribution in [3.63, 3.8) is 0 Å². The van der Waals surface area contributed by atoms with Gasteiger partial charge in [-0.15, -0.1) is 0 Å². The van der Waals surface area contributed by atoms with Gasteiger partial charge in [0, 0.05) is 5.56 Å². The minimum absolute atomic E-state index is 0.0751. The van der Waals surface area contributed by atoms with Gasteiger partial charge >= 0.3 is 5.97 Å². The quantitative estimate of drug-likeness (QED) is 0.705. The maximum absolute atomic E-state index is 11.7. The van der Waals surface area contributed by atoms with Gasteiger partial charge in [-0.3, -0.25) is 4.79 Å². The zero-order valence-corrected chi connectivity index (χ0v) is 9.57. The van der Waals surface area contributed by atoms with E-state index in [2.05, 4.69) is 15.1 Å². The highest BCUT2D eigenvalue weighted by atomic mass is 16.4. The van der Waals surface area contributed by atoms with E-state index in [0.717, 1.165) is 0 Å². The van der Waals surface area contributed by atoms with Crippen molar-refractivity contribution in [2.24, 2.45) is 0 Å². The lowest BCUT2D eigenvalue weighted by atomic mass is 10.2. The number of nitrogens with one attached hydrogen (secondary N) is 1. The molecule has 2 N–H and O–H groups in total. The molecule has 0 aliphatic rings. The third-order valence-electron chi connectivity index (χ3n) is 2.67. The van der Waals surface area contributed by atoms with E-state index in [-0.39, 0.29) is 11.2 Å². The summed E-state index contributed by atoms with van der Waals surface area (Å²) in [5, 5.41) is 13.1. The van der Waals surface area contributed by atoms with E-state index in [1.165, 1.54) is 10.8 Å². The van der Waals surface area contributed by atoms with E-state index >= 15 is 0 Å². The molecule has 0 radical (unpaired) electrons. The summed E-state index contributed by atoms with van der Waals surface area (Å²) in [6.45, 7) is 0. The predicted octanol–water partition coefficient (Wildman–Crippen LogP) is 0.783. The number of carboxylic acids is 1. The Morgan fingerprint density at radius 1 is 1.26 bits per heavy atom. The minimum atomic E-state index is -1.27. The summed E-state index contributed by atoms with van der Waals surface area (Å²) in [5.41, 5.74) is -0.243. The van der Waals surface area contributed by atoms with Crippen LogP contribution in [-0.4, -0.2) is 30.7 Å². The Morgan fingerprint density at radius 2 is 2.00 bits per heavy atom. The van der Waals surface area contributed by atoms with Crippen LogP contribution in [0, 0.1) is 0 Å². The third kappa shape index (κ3) is 1.68. The Hall–Kier alpha value is -2.96. The van der Waals surface area contributed by atoms with Crippen molar-refractivity contribution in [3.8, 4) is 11.4 Å². The van der Waals surface area contributed by atoms with Gasteiger partial charge in [-0.2, -0.15) is 5.10 Å². The van der Waals surface area contributed by atoms with Gasteiger partial charge in [-0.25, -0.2) is 14.3 Å². The molecular weight excluding hydrogens is 248 g/mol. The molecule has 0 spiro atoms. The van der Waals surface area contributed by atoms with Gasteiger partial charge in [0.15, 0.2) is 17.0 Å². The summed E-state index contributed by atoms with van der Waals surface area (Å²) in [4.78, 5) is 29.2. The first-order valence-electron chi connectivity index (χ1n) is 5.43. The molecule has 0 saturated carbocycles. The van der Waals surface area contributed by atoms with Crippen molar-refractivity contribution in [1.29, 1.82) is 0 Å². The van der Waals surface area contributed by atoms with E-state index in [9.17, 15) is 9.59 Å². The molecule has 3 rings (SSSR count). The molecule has 7 heteroatoms. The molecular formula is C12H8N4O3. The van der Waals surface area contributed by atoms with Gasteiger partial charge in [0.25, 0.3) is 5.56 Å². The Morgan fingerprint density at radius 3 is 2.68 bits per heavy atom. The lowest BCUT2D eigenvalue weighted by Gasteiger charge is -1.98. The highest BCUT2D eigenvalue weighted by Crippen LogP contribution is 2.19. The second kappa shape index (κ2) is 4.05. The zero-order valence-electron chi connectivity index (χ0n) is 9.57. The fourth-order valence-corrected chi connectivity index (χ4v) is 1.87. The summed E-state index contributed by atoms with van der Waals surface area (Å²) < 4.78 is 1.23. The van der Waals surface area contributed by atoms with Gasteiger partial charge in [0.1, 0.15) is 6.33 Å². The molecule has 0 fully saturated rings. The van der Waals surface area contributed by atoms with E-state index in [1.807, 2.05) is 6.07 Å². The largest absolute Gasteiger partial charge is 0.476 e. The molecule has 94 valence electrons. The Bertz CT molecular complexity index is 820. The first-order chi connectivity index (χ1) is 9.18. The average molecular weight is 256 g/mol. The summed E-state index contributed by atoms with van der Waals surface area (Å²) in [5.74, 6) is -0.947. The molecule has 1 aromatic carbocycles. The van der Waals surface area contributed by atoms with Crippen LogP contribution in [0.5, 0.6) is 0 Å². The van der Waals surface area contributed by atoms with Gasteiger partial charge in [-0.1, -0.05) is 30.3 Å². The molecule has 19 heavy (non-hydrogen) atoms. The predicted molar refractivity (Wildman–Crippen MR) is 66.0 cm³/mol. The molecule has 0 aliphatic heterocycles. The summed E-state index contributed by atoms with van der Waals surface area (Å²) in [7, 11) is 0. The number of benzene rings is 1. The van der Waals surface area contributed by atoms with Crippen molar-refractivity contribution < 1.29 is 9.90 Å². The number of rotatable bonds is 2. The first-order valence-corrected chi connectivity index (χ1v) is 5.43. The van der Waals surface area contributed by atoms with Crippen LogP contribution in [0.2, 0.25) is 0 Å². The number of hydrogen-bond donors (Lipinski definition) is 2. The van der Waals surface area contributed by atoms with Crippen molar-refractivity contribution in [1.82, 2.24) is 19.6 Å². The SMILES string of the molecule is O=C(O)c1nc(-c2ccccc2)n2nc[nH]c(=O)c12. The van der Waals surface area contributed by atoms with Crippen LogP contribution in [0.4, 0.5) is 0 Å². The molecule has 2 aromatic heterocycles. The van der Waals surface area contributed by atoms with Gasteiger partial charge in [0.2, 0.25) is 0 Å². The Kier molecular flexibility index (Phi) is 2.38. The number of aromatic amines is 1. The number of hydrogen-bond acceptors (Lipinski definition) is 4. The molecule has 0 unspecified atom stereocenters. The topological polar surface area (TPSA) is 100 Å². The number of aromatic nitrogens is 4. The maximum Gasteiger partial charge on any atom is 0.357 e. The number of H-pyrrole nitrogens is 1. The Balaban J connectivity index is 2.42. The summed E-state index contributed by atoms with van der Waals surface area (Å²) in [6.07, 6.45) is 1.20. The average Bonchev–Trinajstić information content (AvgIpc) is 2.81. The van der Waals surface area contributed by atoms with E-state index in [1.54, 1.807) is 24.3 Å². The molecule has 3 aromatic rings. The number of carbonyl (C=O) groups is 1. The highest BCUT2D eigenvalue weighted by Gasteiger charge is 2.20. The molecule has 0 atom stereocenters. The second-order valence-electron chi connectivity index (χ2n) is 3.83. The van der Waals surface area contributed by atoms with E-state index < -0.39 is 11.5 Å². The van der Waals surface area contributed by atoms with Crippen LogP contribution in [0.1, 0.15) is 10.5 Å². The Labute approximate surface area is 106 Å². The molecule has 0 bridgehead atoms. The lowest BCUT2D eigenvalue weighted by molar-refractivity contribution is 0.0693. The first kappa shape index (κ1) is 11.1.